The fourth-order valence-corrected chi connectivity index (χ4v) is 4.30. The van der Waals surface area contributed by atoms with E-state index in [0.717, 1.165) is 0 Å². The Kier molecular flexibility index (Phi) is 4.41. The predicted octanol–water partition coefficient (Wildman–Crippen LogP) is 8.45. The van der Waals surface area contributed by atoms with Crippen LogP contribution in [0.3, 0.4) is 0 Å². The van der Waals surface area contributed by atoms with Gasteiger partial charge in [-0.25, -0.2) is 0 Å². The van der Waals surface area contributed by atoms with Crippen molar-refractivity contribution < 1.29 is 0 Å². The highest BCUT2D eigenvalue weighted by atomic mass is 14.1. The van der Waals surface area contributed by atoms with E-state index in [2.05, 4.69) is 117 Å². The molecule has 5 aromatic rings. The molecule has 0 heteroatoms. The van der Waals surface area contributed by atoms with Gasteiger partial charge >= 0.3 is 0 Å². The summed E-state index contributed by atoms with van der Waals surface area (Å²) in [5, 5.41) is 5.25. The van der Waals surface area contributed by atoms with Crippen molar-refractivity contribution >= 4 is 21.5 Å². The smallest absolute Gasteiger partial charge is 0.0103 e. The fraction of sp³-hybridized carbons (Fsp3) is 0.103. The molecule has 0 unspecified atom stereocenters. The van der Waals surface area contributed by atoms with Gasteiger partial charge in [-0.05, 0) is 67.4 Å². The summed E-state index contributed by atoms with van der Waals surface area (Å²) in [6, 6.07) is 37.5. The molecule has 0 heterocycles. The lowest BCUT2D eigenvalue weighted by atomic mass is 9.90. The first kappa shape index (κ1) is 17.7. The Morgan fingerprint density at radius 2 is 1.10 bits per heavy atom. The second-order valence-electron chi connectivity index (χ2n) is 8.05. The molecular formula is C29H24. The standard InChI is InChI=1S/C29H24/c1-20(2)26-16-17-27(29-11-7-6-10-28(26)29)25-15-14-23-18-22(12-13-24(23)19-25)21-8-4-3-5-9-21/h3-20H,1-2H3. The van der Waals surface area contributed by atoms with E-state index < -0.39 is 0 Å². The minimum Gasteiger partial charge on any atom is -0.0622 e. The van der Waals surface area contributed by atoms with E-state index in [0.29, 0.717) is 5.92 Å². The maximum atomic E-state index is 2.32. The largest absolute Gasteiger partial charge is 0.0622 e. The molecule has 0 saturated carbocycles. The lowest BCUT2D eigenvalue weighted by Gasteiger charge is -2.14. The second-order valence-corrected chi connectivity index (χ2v) is 8.05. The number of benzene rings is 5. The SMILES string of the molecule is CC(C)c1ccc(-c2ccc3cc(-c4ccccc4)ccc3c2)c2ccccc12. The zero-order valence-corrected chi connectivity index (χ0v) is 16.9. The molecule has 0 N–H and O–H groups in total. The quantitative estimate of drug-likeness (QED) is 0.298. The average Bonchev–Trinajstić information content (AvgIpc) is 2.78. The molecule has 0 bridgehead atoms. The van der Waals surface area contributed by atoms with Crippen molar-refractivity contribution in [3.05, 3.63) is 109 Å². The topological polar surface area (TPSA) is 0 Å². The van der Waals surface area contributed by atoms with E-state index in [1.165, 1.54) is 49.4 Å². The normalized spacial score (nSPS) is 11.4. The van der Waals surface area contributed by atoms with Gasteiger partial charge in [0.1, 0.15) is 0 Å². The van der Waals surface area contributed by atoms with Crippen molar-refractivity contribution in [2.75, 3.05) is 0 Å². The van der Waals surface area contributed by atoms with E-state index in [4.69, 9.17) is 0 Å². The van der Waals surface area contributed by atoms with Crippen molar-refractivity contribution in [1.82, 2.24) is 0 Å². The minimum atomic E-state index is 0.516. The molecular weight excluding hydrogens is 348 g/mol. The van der Waals surface area contributed by atoms with Crippen LogP contribution in [0.1, 0.15) is 25.3 Å². The first-order chi connectivity index (χ1) is 14.2. The van der Waals surface area contributed by atoms with Gasteiger partial charge in [0.2, 0.25) is 0 Å². The van der Waals surface area contributed by atoms with Gasteiger partial charge < -0.3 is 0 Å². The van der Waals surface area contributed by atoms with Crippen molar-refractivity contribution in [2.45, 2.75) is 19.8 Å². The molecule has 0 saturated heterocycles. The molecule has 0 spiro atoms. The summed E-state index contributed by atoms with van der Waals surface area (Å²) >= 11 is 0. The molecule has 0 aromatic heterocycles. The number of fused-ring (bicyclic) bond motifs is 2. The van der Waals surface area contributed by atoms with Crippen LogP contribution in [0.25, 0.3) is 43.8 Å². The van der Waals surface area contributed by atoms with E-state index in [1.807, 2.05) is 0 Å². The molecule has 0 aliphatic rings. The van der Waals surface area contributed by atoms with E-state index >= 15 is 0 Å². The summed E-state index contributed by atoms with van der Waals surface area (Å²) in [6.45, 7) is 4.53. The molecule has 5 aromatic carbocycles. The Morgan fingerprint density at radius 1 is 0.483 bits per heavy atom. The molecule has 0 aliphatic heterocycles. The first-order valence-electron chi connectivity index (χ1n) is 10.3. The summed E-state index contributed by atoms with van der Waals surface area (Å²) in [5.41, 5.74) is 6.51. The van der Waals surface area contributed by atoms with Crippen LogP contribution in [0.15, 0.2) is 103 Å². The van der Waals surface area contributed by atoms with E-state index in [-0.39, 0.29) is 0 Å². The van der Waals surface area contributed by atoms with Crippen molar-refractivity contribution in [1.29, 1.82) is 0 Å². The molecule has 29 heavy (non-hydrogen) atoms. The lowest BCUT2D eigenvalue weighted by molar-refractivity contribution is 0.876. The Labute approximate surface area is 172 Å². The number of rotatable bonds is 3. The van der Waals surface area contributed by atoms with Crippen molar-refractivity contribution in [3.8, 4) is 22.3 Å². The Hall–Kier alpha value is -3.38. The van der Waals surface area contributed by atoms with E-state index in [1.54, 1.807) is 0 Å². The predicted molar refractivity (Wildman–Crippen MR) is 126 cm³/mol. The molecule has 0 amide bonds. The fourth-order valence-electron chi connectivity index (χ4n) is 4.30. The highest BCUT2D eigenvalue weighted by molar-refractivity contribution is 6.01. The molecule has 0 aliphatic carbocycles. The second kappa shape index (κ2) is 7.22. The van der Waals surface area contributed by atoms with Gasteiger partial charge in [-0.15, -0.1) is 0 Å². The van der Waals surface area contributed by atoms with Gasteiger partial charge in [-0.2, -0.15) is 0 Å². The molecule has 0 nitrogen and oxygen atoms in total. The third kappa shape index (κ3) is 3.21. The van der Waals surface area contributed by atoms with Crippen LogP contribution in [-0.2, 0) is 0 Å². The summed E-state index contributed by atoms with van der Waals surface area (Å²) in [7, 11) is 0. The van der Waals surface area contributed by atoms with Crippen LogP contribution in [0.5, 0.6) is 0 Å². The number of hydrogen-bond donors (Lipinski definition) is 0. The Bertz CT molecular complexity index is 1310. The maximum absolute atomic E-state index is 2.32. The molecule has 0 atom stereocenters. The van der Waals surface area contributed by atoms with Gasteiger partial charge in [0.25, 0.3) is 0 Å². The third-order valence-corrected chi connectivity index (χ3v) is 5.84. The van der Waals surface area contributed by atoms with Crippen molar-refractivity contribution in [3.63, 3.8) is 0 Å². The zero-order chi connectivity index (χ0) is 19.8. The van der Waals surface area contributed by atoms with Gasteiger partial charge in [-0.3, -0.25) is 0 Å². The monoisotopic (exact) mass is 372 g/mol. The molecule has 0 radical (unpaired) electrons. The number of hydrogen-bond acceptors (Lipinski definition) is 0. The average molecular weight is 373 g/mol. The highest BCUT2D eigenvalue weighted by Crippen LogP contribution is 2.35. The van der Waals surface area contributed by atoms with Crippen LogP contribution in [0.4, 0.5) is 0 Å². The molecule has 5 rings (SSSR count). The highest BCUT2D eigenvalue weighted by Gasteiger charge is 2.10. The van der Waals surface area contributed by atoms with Crippen LogP contribution < -0.4 is 0 Å². The van der Waals surface area contributed by atoms with Gasteiger partial charge in [0.15, 0.2) is 0 Å². The Balaban J connectivity index is 1.64. The molecule has 0 fully saturated rings. The summed E-state index contributed by atoms with van der Waals surface area (Å²) < 4.78 is 0. The van der Waals surface area contributed by atoms with Crippen LogP contribution in [0.2, 0.25) is 0 Å². The molecule has 140 valence electrons. The summed E-state index contributed by atoms with van der Waals surface area (Å²) in [6.07, 6.45) is 0. The van der Waals surface area contributed by atoms with E-state index in [9.17, 15) is 0 Å². The van der Waals surface area contributed by atoms with Gasteiger partial charge in [-0.1, -0.05) is 105 Å². The van der Waals surface area contributed by atoms with Crippen molar-refractivity contribution in [2.24, 2.45) is 0 Å². The third-order valence-electron chi connectivity index (χ3n) is 5.84. The van der Waals surface area contributed by atoms with Crippen LogP contribution in [-0.4, -0.2) is 0 Å². The summed E-state index contributed by atoms with van der Waals surface area (Å²) in [4.78, 5) is 0. The summed E-state index contributed by atoms with van der Waals surface area (Å²) in [5.74, 6) is 0.516. The first-order valence-corrected chi connectivity index (χ1v) is 10.3. The zero-order valence-electron chi connectivity index (χ0n) is 16.9. The van der Waals surface area contributed by atoms with Crippen LogP contribution >= 0.6 is 0 Å². The maximum Gasteiger partial charge on any atom is -0.0103 e. The van der Waals surface area contributed by atoms with Crippen LogP contribution in [0, 0.1) is 0 Å². The Morgan fingerprint density at radius 3 is 1.83 bits per heavy atom. The van der Waals surface area contributed by atoms with Gasteiger partial charge in [0, 0.05) is 0 Å². The minimum absolute atomic E-state index is 0.516. The van der Waals surface area contributed by atoms with Gasteiger partial charge in [0.05, 0.1) is 0 Å². The lowest BCUT2D eigenvalue weighted by Crippen LogP contribution is -1.91.